The van der Waals surface area contributed by atoms with E-state index in [1.54, 1.807) is 6.07 Å². The van der Waals surface area contributed by atoms with Crippen molar-refractivity contribution in [3.05, 3.63) is 23.3 Å². The van der Waals surface area contributed by atoms with Gasteiger partial charge in [-0.25, -0.2) is 0 Å². The van der Waals surface area contributed by atoms with Gasteiger partial charge >= 0.3 is 0 Å². The number of nitrogens with two attached hydrogens (primary N) is 1. The van der Waals surface area contributed by atoms with Crippen molar-refractivity contribution in [2.24, 2.45) is 0 Å². The van der Waals surface area contributed by atoms with Crippen molar-refractivity contribution in [1.82, 2.24) is 0 Å². The second-order valence-corrected chi connectivity index (χ2v) is 3.56. The molecule has 0 unspecified atom stereocenters. The van der Waals surface area contributed by atoms with Crippen LogP contribution in [0, 0.1) is 12.3 Å². The Morgan fingerprint density at radius 3 is 2.57 bits per heavy atom. The van der Waals surface area contributed by atoms with Crippen molar-refractivity contribution in [3.8, 4) is 5.75 Å². The van der Waals surface area contributed by atoms with E-state index in [-0.39, 0.29) is 6.10 Å². The molecule has 0 spiro atoms. The molecule has 0 aliphatic rings. The Morgan fingerprint density at radius 2 is 2.07 bits per heavy atom. The van der Waals surface area contributed by atoms with Crippen LogP contribution in [-0.2, 0) is 0 Å². The van der Waals surface area contributed by atoms with Crippen LogP contribution in [0.4, 0.5) is 5.69 Å². The van der Waals surface area contributed by atoms with E-state index in [1.807, 2.05) is 26.8 Å². The fraction of sp³-hybridized carbons (Fsp3) is 0.364. The average Bonchev–Trinajstić information content (AvgIpc) is 2.09. The van der Waals surface area contributed by atoms with Crippen molar-refractivity contribution in [3.63, 3.8) is 0 Å². The number of aryl methyl sites for hydroxylation is 1. The van der Waals surface area contributed by atoms with Crippen molar-refractivity contribution < 1.29 is 4.74 Å². The number of rotatable bonds is 3. The molecule has 76 valence electrons. The molecule has 14 heavy (non-hydrogen) atoms. The highest BCUT2D eigenvalue weighted by Crippen LogP contribution is 2.24. The zero-order valence-corrected chi connectivity index (χ0v) is 8.79. The Kier molecular flexibility index (Phi) is 3.12. The first-order valence-corrected chi connectivity index (χ1v) is 4.62. The SMILES string of the molecule is Cc1cc(N)c(C=N)cc1OC(C)C. The summed E-state index contributed by atoms with van der Waals surface area (Å²) < 4.78 is 5.58. The van der Waals surface area contributed by atoms with Crippen LogP contribution in [0.3, 0.4) is 0 Å². The lowest BCUT2D eigenvalue weighted by Crippen LogP contribution is -2.07. The Morgan fingerprint density at radius 1 is 1.43 bits per heavy atom. The van der Waals surface area contributed by atoms with Crippen LogP contribution in [0.1, 0.15) is 25.0 Å². The molecule has 0 aliphatic carbocycles. The first-order valence-electron chi connectivity index (χ1n) is 4.62. The summed E-state index contributed by atoms with van der Waals surface area (Å²) in [6.07, 6.45) is 1.37. The van der Waals surface area contributed by atoms with Gasteiger partial charge in [0.25, 0.3) is 0 Å². The van der Waals surface area contributed by atoms with Crippen molar-refractivity contribution in [2.45, 2.75) is 26.9 Å². The predicted octanol–water partition coefficient (Wildman–Crippen LogP) is 2.36. The van der Waals surface area contributed by atoms with Gasteiger partial charge in [-0.05, 0) is 38.5 Å². The molecule has 0 aromatic heterocycles. The summed E-state index contributed by atoms with van der Waals surface area (Å²) in [4.78, 5) is 0. The lowest BCUT2D eigenvalue weighted by Gasteiger charge is -2.13. The van der Waals surface area contributed by atoms with E-state index in [1.165, 1.54) is 6.21 Å². The molecule has 3 nitrogen and oxygen atoms in total. The van der Waals surface area contributed by atoms with Gasteiger partial charge in [0, 0.05) is 17.5 Å². The zero-order valence-electron chi connectivity index (χ0n) is 8.79. The number of anilines is 1. The Balaban J connectivity index is 3.10. The summed E-state index contributed by atoms with van der Waals surface area (Å²) in [5.74, 6) is 0.799. The molecule has 0 saturated heterocycles. The summed E-state index contributed by atoms with van der Waals surface area (Å²) in [5.41, 5.74) is 8.05. The Hall–Kier alpha value is -1.51. The number of nitrogen functional groups attached to an aromatic ring is 1. The van der Waals surface area contributed by atoms with E-state index in [0.717, 1.165) is 11.3 Å². The molecule has 3 heteroatoms. The Bertz CT molecular complexity index is 345. The lowest BCUT2D eigenvalue weighted by atomic mass is 10.1. The molecule has 0 radical (unpaired) electrons. The largest absolute Gasteiger partial charge is 0.491 e. The molecule has 0 aliphatic heterocycles. The van der Waals surface area contributed by atoms with Crippen LogP contribution in [0.15, 0.2) is 12.1 Å². The highest BCUT2D eigenvalue weighted by Gasteiger charge is 2.05. The molecule has 0 amide bonds. The highest BCUT2D eigenvalue weighted by molar-refractivity contribution is 5.86. The minimum absolute atomic E-state index is 0.135. The van der Waals surface area contributed by atoms with Gasteiger partial charge in [0.2, 0.25) is 0 Å². The molecule has 3 N–H and O–H groups in total. The predicted molar refractivity (Wildman–Crippen MR) is 59.2 cm³/mol. The fourth-order valence-electron chi connectivity index (χ4n) is 1.23. The molecule has 0 fully saturated rings. The summed E-state index contributed by atoms with van der Waals surface area (Å²) in [6.45, 7) is 5.89. The zero-order chi connectivity index (χ0) is 10.7. The maximum absolute atomic E-state index is 7.17. The van der Waals surface area contributed by atoms with Gasteiger partial charge in [-0.1, -0.05) is 0 Å². The van der Waals surface area contributed by atoms with E-state index in [4.69, 9.17) is 15.9 Å². The molecule has 1 aromatic rings. The number of hydrogen-bond acceptors (Lipinski definition) is 3. The molecule has 0 heterocycles. The highest BCUT2D eigenvalue weighted by atomic mass is 16.5. The smallest absolute Gasteiger partial charge is 0.123 e. The summed E-state index contributed by atoms with van der Waals surface area (Å²) in [7, 11) is 0. The minimum Gasteiger partial charge on any atom is -0.491 e. The van der Waals surface area contributed by atoms with Crippen LogP contribution < -0.4 is 10.5 Å². The third kappa shape index (κ3) is 2.25. The topological polar surface area (TPSA) is 59.1 Å². The van der Waals surface area contributed by atoms with Gasteiger partial charge in [-0.15, -0.1) is 0 Å². The van der Waals surface area contributed by atoms with Crippen molar-refractivity contribution in [1.29, 1.82) is 5.41 Å². The standard InChI is InChI=1S/C11H16N2O/c1-7(2)14-11-5-9(6-12)10(13)4-8(11)3/h4-7,12H,13H2,1-3H3. The second kappa shape index (κ2) is 4.13. The molecule has 1 rings (SSSR count). The van der Waals surface area contributed by atoms with Crippen LogP contribution in [0.2, 0.25) is 0 Å². The number of ether oxygens (including phenoxy) is 1. The third-order valence-electron chi connectivity index (χ3n) is 1.90. The minimum atomic E-state index is 0.135. The quantitative estimate of drug-likeness (QED) is 0.570. The monoisotopic (exact) mass is 192 g/mol. The Labute approximate surface area is 84.4 Å². The molecular formula is C11H16N2O. The molecular weight excluding hydrogens is 176 g/mol. The second-order valence-electron chi connectivity index (χ2n) is 3.56. The van der Waals surface area contributed by atoms with Crippen molar-refractivity contribution in [2.75, 3.05) is 5.73 Å². The molecule has 0 atom stereocenters. The van der Waals surface area contributed by atoms with Crippen LogP contribution in [0.25, 0.3) is 0 Å². The van der Waals surface area contributed by atoms with E-state index in [0.29, 0.717) is 11.3 Å². The van der Waals surface area contributed by atoms with E-state index in [2.05, 4.69) is 0 Å². The first kappa shape index (κ1) is 10.6. The van der Waals surface area contributed by atoms with Gasteiger partial charge in [0.05, 0.1) is 6.10 Å². The van der Waals surface area contributed by atoms with E-state index in [9.17, 15) is 0 Å². The average molecular weight is 192 g/mol. The first-order chi connectivity index (χ1) is 6.54. The van der Waals surface area contributed by atoms with E-state index >= 15 is 0 Å². The van der Waals surface area contributed by atoms with Gasteiger partial charge in [0.15, 0.2) is 0 Å². The maximum Gasteiger partial charge on any atom is 0.123 e. The van der Waals surface area contributed by atoms with Gasteiger partial charge in [-0.3, -0.25) is 0 Å². The number of nitrogens with one attached hydrogen (secondary N) is 1. The lowest BCUT2D eigenvalue weighted by molar-refractivity contribution is 0.241. The summed E-state index contributed by atoms with van der Waals surface area (Å²) in [5, 5.41) is 7.17. The molecule has 1 aromatic carbocycles. The summed E-state index contributed by atoms with van der Waals surface area (Å²) >= 11 is 0. The summed E-state index contributed by atoms with van der Waals surface area (Å²) in [6, 6.07) is 3.63. The fourth-order valence-corrected chi connectivity index (χ4v) is 1.23. The van der Waals surface area contributed by atoms with Crippen molar-refractivity contribution >= 4 is 11.9 Å². The van der Waals surface area contributed by atoms with Crippen LogP contribution >= 0.6 is 0 Å². The molecule has 0 saturated carbocycles. The maximum atomic E-state index is 7.17. The number of benzene rings is 1. The third-order valence-corrected chi connectivity index (χ3v) is 1.90. The molecule has 0 bridgehead atoms. The van der Waals surface area contributed by atoms with Crippen LogP contribution in [0.5, 0.6) is 5.75 Å². The van der Waals surface area contributed by atoms with Gasteiger partial charge in [-0.2, -0.15) is 0 Å². The van der Waals surface area contributed by atoms with Gasteiger partial charge in [0.1, 0.15) is 5.75 Å². The van der Waals surface area contributed by atoms with Gasteiger partial charge < -0.3 is 15.9 Å². The normalized spacial score (nSPS) is 10.3. The number of hydrogen-bond donors (Lipinski definition) is 2. The van der Waals surface area contributed by atoms with E-state index < -0.39 is 0 Å². The van der Waals surface area contributed by atoms with Crippen LogP contribution in [-0.4, -0.2) is 12.3 Å².